The zero-order valence-electron chi connectivity index (χ0n) is 8.15. The molecule has 0 saturated heterocycles. The van der Waals surface area contributed by atoms with Crippen molar-refractivity contribution in [3.8, 4) is 0 Å². The number of pyridine rings is 1. The van der Waals surface area contributed by atoms with Gasteiger partial charge in [0.25, 0.3) is 0 Å². The van der Waals surface area contributed by atoms with Crippen molar-refractivity contribution in [2.75, 3.05) is 5.73 Å². The Hall–Kier alpha value is -1.90. The van der Waals surface area contributed by atoms with Crippen LogP contribution in [-0.4, -0.2) is 4.98 Å². The van der Waals surface area contributed by atoms with Gasteiger partial charge in [0.2, 0.25) is 0 Å². The molecule has 0 spiro atoms. The number of hydrogen-bond donors (Lipinski definition) is 1. The Morgan fingerprint density at radius 1 is 1.20 bits per heavy atom. The molecule has 0 unspecified atom stereocenters. The zero-order chi connectivity index (χ0) is 10.7. The molecule has 0 radical (unpaired) electrons. The number of nitrogens with two attached hydrogens (primary N) is 1. The summed E-state index contributed by atoms with van der Waals surface area (Å²) in [6.07, 6.45) is 2.25. The van der Waals surface area contributed by atoms with Gasteiger partial charge < -0.3 is 5.73 Å². The van der Waals surface area contributed by atoms with E-state index in [1.807, 2.05) is 18.2 Å². The molecule has 0 aliphatic heterocycles. The summed E-state index contributed by atoms with van der Waals surface area (Å²) >= 11 is 0. The normalized spacial score (nSPS) is 10.2. The number of nitrogens with zero attached hydrogens (tertiary/aromatic N) is 1. The van der Waals surface area contributed by atoms with E-state index in [-0.39, 0.29) is 5.82 Å². The molecular formula is C12H11FN2. The molecule has 3 heteroatoms. The van der Waals surface area contributed by atoms with E-state index in [4.69, 9.17) is 5.73 Å². The number of anilines is 1. The van der Waals surface area contributed by atoms with Gasteiger partial charge in [0.05, 0.1) is 0 Å². The van der Waals surface area contributed by atoms with E-state index in [1.54, 1.807) is 12.3 Å². The van der Waals surface area contributed by atoms with Crippen molar-refractivity contribution in [2.24, 2.45) is 0 Å². The molecule has 0 saturated carbocycles. The van der Waals surface area contributed by atoms with Crippen molar-refractivity contribution in [2.45, 2.75) is 6.42 Å². The average Bonchev–Trinajstić information content (AvgIpc) is 2.22. The van der Waals surface area contributed by atoms with E-state index in [9.17, 15) is 4.39 Å². The summed E-state index contributed by atoms with van der Waals surface area (Å²) in [7, 11) is 0. The maximum atomic E-state index is 12.9. The van der Waals surface area contributed by atoms with Crippen molar-refractivity contribution in [1.82, 2.24) is 4.98 Å². The molecule has 1 aromatic carbocycles. The third-order valence-corrected chi connectivity index (χ3v) is 2.21. The molecule has 1 heterocycles. The van der Waals surface area contributed by atoms with E-state index in [0.29, 0.717) is 12.2 Å². The first-order chi connectivity index (χ1) is 7.25. The maximum Gasteiger partial charge on any atom is 0.126 e. The SMILES string of the molecule is Nc1ncccc1Cc1cccc(F)c1. The molecule has 2 aromatic rings. The summed E-state index contributed by atoms with van der Waals surface area (Å²) in [6.45, 7) is 0. The Balaban J connectivity index is 2.26. The molecular weight excluding hydrogens is 191 g/mol. The summed E-state index contributed by atoms with van der Waals surface area (Å²) in [5.74, 6) is 0.275. The molecule has 1 aromatic heterocycles. The lowest BCUT2D eigenvalue weighted by molar-refractivity contribution is 0.626. The summed E-state index contributed by atoms with van der Waals surface area (Å²) in [5, 5.41) is 0. The lowest BCUT2D eigenvalue weighted by Crippen LogP contribution is -1.98. The van der Waals surface area contributed by atoms with Crippen LogP contribution < -0.4 is 5.73 Å². The molecule has 0 aliphatic rings. The largest absolute Gasteiger partial charge is 0.383 e. The molecule has 0 bridgehead atoms. The van der Waals surface area contributed by atoms with E-state index in [0.717, 1.165) is 11.1 Å². The van der Waals surface area contributed by atoms with Crippen LogP contribution in [0, 0.1) is 5.82 Å². The average molecular weight is 202 g/mol. The van der Waals surface area contributed by atoms with Crippen LogP contribution in [-0.2, 0) is 6.42 Å². The first-order valence-corrected chi connectivity index (χ1v) is 4.69. The topological polar surface area (TPSA) is 38.9 Å². The van der Waals surface area contributed by atoms with Crippen LogP contribution in [0.5, 0.6) is 0 Å². The Morgan fingerprint density at radius 3 is 2.80 bits per heavy atom. The number of rotatable bonds is 2. The fourth-order valence-corrected chi connectivity index (χ4v) is 1.47. The number of nitrogen functional groups attached to an aromatic ring is 1. The fourth-order valence-electron chi connectivity index (χ4n) is 1.47. The number of aromatic nitrogens is 1. The predicted octanol–water partition coefficient (Wildman–Crippen LogP) is 2.39. The fraction of sp³-hybridized carbons (Fsp3) is 0.0833. The van der Waals surface area contributed by atoms with Gasteiger partial charge in [0.1, 0.15) is 11.6 Å². The third kappa shape index (κ3) is 2.31. The van der Waals surface area contributed by atoms with Crippen molar-refractivity contribution in [3.63, 3.8) is 0 Å². The van der Waals surface area contributed by atoms with Crippen LogP contribution in [0.2, 0.25) is 0 Å². The quantitative estimate of drug-likeness (QED) is 0.812. The van der Waals surface area contributed by atoms with Gasteiger partial charge in [-0.1, -0.05) is 18.2 Å². The highest BCUT2D eigenvalue weighted by molar-refractivity contribution is 5.41. The van der Waals surface area contributed by atoms with Gasteiger partial charge in [-0.25, -0.2) is 9.37 Å². The second-order valence-electron chi connectivity index (χ2n) is 3.35. The van der Waals surface area contributed by atoms with E-state index in [2.05, 4.69) is 4.98 Å². The monoisotopic (exact) mass is 202 g/mol. The molecule has 2 N–H and O–H groups in total. The Morgan fingerprint density at radius 2 is 2.07 bits per heavy atom. The minimum Gasteiger partial charge on any atom is -0.383 e. The standard InChI is InChI=1S/C12H11FN2/c13-11-5-1-3-9(8-11)7-10-4-2-6-15-12(10)14/h1-6,8H,7H2,(H2,14,15). The Labute approximate surface area is 87.6 Å². The van der Waals surface area contributed by atoms with E-state index >= 15 is 0 Å². The molecule has 2 nitrogen and oxygen atoms in total. The van der Waals surface area contributed by atoms with Crippen LogP contribution in [0.25, 0.3) is 0 Å². The van der Waals surface area contributed by atoms with Gasteiger partial charge in [-0.05, 0) is 29.3 Å². The van der Waals surface area contributed by atoms with Crippen molar-refractivity contribution in [1.29, 1.82) is 0 Å². The number of benzene rings is 1. The van der Waals surface area contributed by atoms with Gasteiger partial charge in [-0.15, -0.1) is 0 Å². The van der Waals surface area contributed by atoms with Gasteiger partial charge in [-0.2, -0.15) is 0 Å². The van der Waals surface area contributed by atoms with Crippen molar-refractivity contribution < 1.29 is 4.39 Å². The second kappa shape index (κ2) is 4.09. The minimum atomic E-state index is -0.227. The van der Waals surface area contributed by atoms with E-state index in [1.165, 1.54) is 12.1 Å². The highest BCUT2D eigenvalue weighted by Gasteiger charge is 2.01. The molecule has 0 amide bonds. The zero-order valence-corrected chi connectivity index (χ0v) is 8.15. The second-order valence-corrected chi connectivity index (χ2v) is 3.35. The van der Waals surface area contributed by atoms with Crippen molar-refractivity contribution in [3.05, 3.63) is 59.5 Å². The smallest absolute Gasteiger partial charge is 0.126 e. The van der Waals surface area contributed by atoms with Crippen LogP contribution in [0.4, 0.5) is 10.2 Å². The van der Waals surface area contributed by atoms with Gasteiger partial charge in [-0.3, -0.25) is 0 Å². The molecule has 76 valence electrons. The molecule has 0 aliphatic carbocycles. The molecule has 15 heavy (non-hydrogen) atoms. The highest BCUT2D eigenvalue weighted by Crippen LogP contribution is 2.14. The van der Waals surface area contributed by atoms with Crippen LogP contribution in [0.1, 0.15) is 11.1 Å². The van der Waals surface area contributed by atoms with Crippen molar-refractivity contribution >= 4 is 5.82 Å². The summed E-state index contributed by atoms with van der Waals surface area (Å²) < 4.78 is 12.9. The number of halogens is 1. The summed E-state index contributed by atoms with van der Waals surface area (Å²) in [6, 6.07) is 10.2. The van der Waals surface area contributed by atoms with Gasteiger partial charge >= 0.3 is 0 Å². The lowest BCUT2D eigenvalue weighted by Gasteiger charge is -2.04. The van der Waals surface area contributed by atoms with E-state index < -0.39 is 0 Å². The summed E-state index contributed by atoms with van der Waals surface area (Å²) in [5.41, 5.74) is 7.52. The summed E-state index contributed by atoms with van der Waals surface area (Å²) in [4.78, 5) is 3.98. The molecule has 2 rings (SSSR count). The van der Waals surface area contributed by atoms with Crippen LogP contribution in [0.3, 0.4) is 0 Å². The lowest BCUT2D eigenvalue weighted by atomic mass is 10.1. The minimum absolute atomic E-state index is 0.227. The van der Waals surface area contributed by atoms with Gasteiger partial charge in [0.15, 0.2) is 0 Å². The first-order valence-electron chi connectivity index (χ1n) is 4.69. The highest BCUT2D eigenvalue weighted by atomic mass is 19.1. The molecule has 0 fully saturated rings. The first kappa shape index (κ1) is 9.65. The maximum absolute atomic E-state index is 12.9. The van der Waals surface area contributed by atoms with Crippen LogP contribution in [0.15, 0.2) is 42.6 Å². The predicted molar refractivity (Wildman–Crippen MR) is 57.9 cm³/mol. The van der Waals surface area contributed by atoms with Gasteiger partial charge in [0, 0.05) is 12.6 Å². The Bertz CT molecular complexity index is 469. The van der Waals surface area contributed by atoms with Crippen LogP contribution >= 0.6 is 0 Å². The molecule has 0 atom stereocenters. The third-order valence-electron chi connectivity index (χ3n) is 2.21. The number of hydrogen-bond acceptors (Lipinski definition) is 2. The Kier molecular flexibility index (Phi) is 2.63.